The number of hydrogen-bond donors (Lipinski definition) is 2. The third kappa shape index (κ3) is 4.45. The number of rotatable bonds is 4. The number of nitrogens with one attached hydrogen (secondary N) is 1. The molecule has 3 N–H and O–H groups in total. The fourth-order valence-electron chi connectivity index (χ4n) is 2.23. The van der Waals surface area contributed by atoms with Crippen molar-refractivity contribution in [1.29, 1.82) is 0 Å². The van der Waals surface area contributed by atoms with Crippen LogP contribution >= 0.6 is 28.3 Å². The number of hydrogen-bond acceptors (Lipinski definition) is 3. The molecule has 112 valence electrons. The van der Waals surface area contributed by atoms with Crippen molar-refractivity contribution in [2.45, 2.75) is 38.5 Å². The Kier molecular flexibility index (Phi) is 6.95. The molecule has 1 aromatic carbocycles. The lowest BCUT2D eigenvalue weighted by Crippen LogP contribution is -2.35. The molecule has 6 heteroatoms. The number of aryl methyl sites for hydroxylation is 1. The number of benzene rings is 1. The van der Waals surface area contributed by atoms with E-state index >= 15 is 0 Å². The first-order valence-electron chi connectivity index (χ1n) is 6.48. The van der Waals surface area contributed by atoms with Gasteiger partial charge in [0, 0.05) is 17.6 Å². The molecule has 1 heterocycles. The summed E-state index contributed by atoms with van der Waals surface area (Å²) in [6, 6.07) is 6.03. The van der Waals surface area contributed by atoms with E-state index in [9.17, 15) is 4.79 Å². The van der Waals surface area contributed by atoms with Crippen molar-refractivity contribution in [3.8, 4) is 0 Å². The molecule has 0 spiro atoms. The van der Waals surface area contributed by atoms with Gasteiger partial charge in [-0.1, -0.05) is 22.0 Å². The van der Waals surface area contributed by atoms with E-state index in [1.165, 1.54) is 0 Å². The molecule has 1 amide bonds. The van der Waals surface area contributed by atoms with Crippen LogP contribution in [0.3, 0.4) is 0 Å². The summed E-state index contributed by atoms with van der Waals surface area (Å²) in [5.41, 5.74) is 7.80. The van der Waals surface area contributed by atoms with E-state index in [4.69, 9.17) is 10.5 Å². The van der Waals surface area contributed by atoms with Crippen LogP contribution in [-0.4, -0.2) is 24.7 Å². The molecule has 0 aromatic heterocycles. The quantitative estimate of drug-likeness (QED) is 0.863. The standard InChI is InChI=1S/C14H19BrN2O2.ClH/c1-9-6-11(15)3-2-10(9)8-17-14(18)13-5-4-12(7-16)19-13;/h2-3,6,12-13H,4-5,7-8,16H2,1H3,(H,17,18);1H/t12-,13+;/m1./s1. The molecule has 0 bridgehead atoms. The van der Waals surface area contributed by atoms with Gasteiger partial charge in [0.2, 0.25) is 5.91 Å². The SMILES string of the molecule is Cc1cc(Br)ccc1CNC(=O)[C@@H]1CC[C@H](CN)O1.Cl. The van der Waals surface area contributed by atoms with Gasteiger partial charge in [0.25, 0.3) is 0 Å². The molecule has 0 aliphatic carbocycles. The monoisotopic (exact) mass is 362 g/mol. The number of carbonyl (C=O) groups is 1. The molecule has 2 rings (SSSR count). The molecule has 1 aliphatic rings. The Labute approximate surface area is 134 Å². The molecular weight excluding hydrogens is 344 g/mol. The third-order valence-electron chi connectivity index (χ3n) is 3.42. The smallest absolute Gasteiger partial charge is 0.249 e. The second kappa shape index (κ2) is 7.98. The van der Waals surface area contributed by atoms with Crippen molar-refractivity contribution in [3.63, 3.8) is 0 Å². The molecule has 1 aromatic rings. The molecule has 20 heavy (non-hydrogen) atoms. The maximum atomic E-state index is 12.0. The molecular formula is C14H20BrClN2O2. The minimum atomic E-state index is -0.343. The Morgan fingerprint density at radius 1 is 1.50 bits per heavy atom. The van der Waals surface area contributed by atoms with E-state index in [1.807, 2.05) is 25.1 Å². The first-order chi connectivity index (χ1) is 9.10. The van der Waals surface area contributed by atoms with Gasteiger partial charge < -0.3 is 15.8 Å². The average Bonchev–Trinajstić information content (AvgIpc) is 2.86. The van der Waals surface area contributed by atoms with Crippen molar-refractivity contribution in [2.75, 3.05) is 6.54 Å². The zero-order valence-corrected chi connectivity index (χ0v) is 13.8. The maximum absolute atomic E-state index is 12.0. The fraction of sp³-hybridized carbons (Fsp3) is 0.500. The Balaban J connectivity index is 0.00000200. The number of nitrogens with two attached hydrogens (primary N) is 1. The predicted octanol–water partition coefficient (Wildman–Crippen LogP) is 2.30. The van der Waals surface area contributed by atoms with Gasteiger partial charge in [0.15, 0.2) is 0 Å². The predicted molar refractivity (Wildman–Crippen MR) is 84.9 cm³/mol. The Morgan fingerprint density at radius 3 is 2.85 bits per heavy atom. The minimum Gasteiger partial charge on any atom is -0.364 e. The number of amides is 1. The van der Waals surface area contributed by atoms with Gasteiger partial charge in [-0.2, -0.15) is 0 Å². The Bertz CT molecular complexity index is 470. The van der Waals surface area contributed by atoms with Crippen LogP contribution in [0.25, 0.3) is 0 Å². The van der Waals surface area contributed by atoms with E-state index < -0.39 is 0 Å². The first kappa shape index (κ1) is 17.4. The van der Waals surface area contributed by atoms with Crippen molar-refractivity contribution in [3.05, 3.63) is 33.8 Å². The van der Waals surface area contributed by atoms with Crippen LogP contribution < -0.4 is 11.1 Å². The highest BCUT2D eigenvalue weighted by Crippen LogP contribution is 2.19. The van der Waals surface area contributed by atoms with Gasteiger partial charge in [-0.25, -0.2) is 0 Å². The lowest BCUT2D eigenvalue weighted by atomic mass is 10.1. The number of carbonyl (C=O) groups excluding carboxylic acids is 1. The van der Waals surface area contributed by atoms with Gasteiger partial charge in [0.1, 0.15) is 6.10 Å². The zero-order chi connectivity index (χ0) is 13.8. The second-order valence-corrected chi connectivity index (χ2v) is 5.76. The van der Waals surface area contributed by atoms with Crippen LogP contribution in [0.5, 0.6) is 0 Å². The average molecular weight is 364 g/mol. The van der Waals surface area contributed by atoms with Crippen molar-refractivity contribution in [2.24, 2.45) is 5.73 Å². The molecule has 0 unspecified atom stereocenters. The van der Waals surface area contributed by atoms with Crippen molar-refractivity contribution >= 4 is 34.2 Å². The fourth-order valence-corrected chi connectivity index (χ4v) is 2.70. The van der Waals surface area contributed by atoms with Gasteiger partial charge in [-0.05, 0) is 43.0 Å². The van der Waals surface area contributed by atoms with Crippen LogP contribution in [0.2, 0.25) is 0 Å². The Morgan fingerprint density at radius 2 is 2.25 bits per heavy atom. The normalized spacial score (nSPS) is 21.4. The summed E-state index contributed by atoms with van der Waals surface area (Å²) in [7, 11) is 0. The maximum Gasteiger partial charge on any atom is 0.249 e. The number of halogens is 2. The largest absolute Gasteiger partial charge is 0.364 e. The summed E-state index contributed by atoms with van der Waals surface area (Å²) in [5, 5.41) is 2.93. The highest BCUT2D eigenvalue weighted by atomic mass is 79.9. The molecule has 0 radical (unpaired) electrons. The van der Waals surface area contributed by atoms with E-state index in [1.54, 1.807) is 0 Å². The van der Waals surface area contributed by atoms with Crippen molar-refractivity contribution in [1.82, 2.24) is 5.32 Å². The van der Waals surface area contributed by atoms with Gasteiger partial charge in [-0.3, -0.25) is 4.79 Å². The highest BCUT2D eigenvalue weighted by Gasteiger charge is 2.29. The van der Waals surface area contributed by atoms with Crippen LogP contribution in [0.1, 0.15) is 24.0 Å². The van der Waals surface area contributed by atoms with E-state index in [0.29, 0.717) is 13.1 Å². The summed E-state index contributed by atoms with van der Waals surface area (Å²) in [4.78, 5) is 12.0. The van der Waals surface area contributed by atoms with Crippen LogP contribution in [0.15, 0.2) is 22.7 Å². The second-order valence-electron chi connectivity index (χ2n) is 4.85. The van der Waals surface area contributed by atoms with Gasteiger partial charge >= 0.3 is 0 Å². The lowest BCUT2D eigenvalue weighted by Gasteiger charge is -2.13. The van der Waals surface area contributed by atoms with Gasteiger partial charge in [0.05, 0.1) is 6.10 Å². The van der Waals surface area contributed by atoms with Crippen LogP contribution in [-0.2, 0) is 16.1 Å². The Hall–Kier alpha value is -0.620. The highest BCUT2D eigenvalue weighted by molar-refractivity contribution is 9.10. The summed E-state index contributed by atoms with van der Waals surface area (Å²) in [6.07, 6.45) is 1.31. The summed E-state index contributed by atoms with van der Waals surface area (Å²) < 4.78 is 6.61. The number of ether oxygens (including phenoxy) is 1. The van der Waals surface area contributed by atoms with Gasteiger partial charge in [-0.15, -0.1) is 12.4 Å². The minimum absolute atomic E-state index is 0. The van der Waals surface area contributed by atoms with E-state index in [-0.39, 0.29) is 30.5 Å². The lowest BCUT2D eigenvalue weighted by molar-refractivity contribution is -0.132. The molecule has 4 nitrogen and oxygen atoms in total. The summed E-state index contributed by atoms with van der Waals surface area (Å²) in [6.45, 7) is 3.05. The molecule has 1 fully saturated rings. The topological polar surface area (TPSA) is 64.4 Å². The summed E-state index contributed by atoms with van der Waals surface area (Å²) in [5.74, 6) is -0.0433. The van der Waals surface area contributed by atoms with Crippen molar-refractivity contribution < 1.29 is 9.53 Å². The van der Waals surface area contributed by atoms with E-state index in [2.05, 4.69) is 21.2 Å². The van der Waals surface area contributed by atoms with Crippen LogP contribution in [0, 0.1) is 6.92 Å². The summed E-state index contributed by atoms with van der Waals surface area (Å²) >= 11 is 3.43. The molecule has 0 saturated carbocycles. The third-order valence-corrected chi connectivity index (χ3v) is 3.91. The van der Waals surface area contributed by atoms with Crippen LogP contribution in [0.4, 0.5) is 0 Å². The zero-order valence-electron chi connectivity index (χ0n) is 11.4. The first-order valence-corrected chi connectivity index (χ1v) is 7.27. The molecule has 1 saturated heterocycles. The molecule has 2 atom stereocenters. The van der Waals surface area contributed by atoms with E-state index in [0.717, 1.165) is 28.4 Å². The molecule has 1 aliphatic heterocycles.